The third-order valence-electron chi connectivity index (χ3n) is 13.6. The predicted octanol–water partition coefficient (Wildman–Crippen LogP) is 8.93. The zero-order valence-corrected chi connectivity index (χ0v) is 41.6. The van der Waals surface area contributed by atoms with Gasteiger partial charge in [-0.3, -0.25) is 19.2 Å². The molecule has 7 rings (SSSR count). The summed E-state index contributed by atoms with van der Waals surface area (Å²) >= 11 is 1.56. The number of aliphatic hydroxyl groups excluding tert-OH is 1. The van der Waals surface area contributed by atoms with Gasteiger partial charge in [-0.25, -0.2) is 23.7 Å². The summed E-state index contributed by atoms with van der Waals surface area (Å²) in [5, 5.41) is 19.4. The lowest BCUT2D eigenvalue weighted by molar-refractivity contribution is -0.144. The van der Waals surface area contributed by atoms with Gasteiger partial charge in [0.25, 0.3) is 5.92 Å². The summed E-state index contributed by atoms with van der Waals surface area (Å²) in [5.74, 6) is -3.68. The number of amides is 4. The van der Waals surface area contributed by atoms with Gasteiger partial charge in [-0.1, -0.05) is 57.9 Å². The molecule has 4 atom stereocenters. The van der Waals surface area contributed by atoms with Crippen LogP contribution in [-0.2, 0) is 25.4 Å². The summed E-state index contributed by atoms with van der Waals surface area (Å²) in [7, 11) is 0. The number of hydrogen-bond donors (Lipinski definition) is 4. The van der Waals surface area contributed by atoms with Gasteiger partial charge in [0.2, 0.25) is 23.6 Å². The highest BCUT2D eigenvalue weighted by Gasteiger charge is 2.45. The molecule has 3 aliphatic rings. The van der Waals surface area contributed by atoms with Crippen molar-refractivity contribution in [2.75, 3.05) is 42.9 Å². The molecule has 0 unspecified atom stereocenters. The van der Waals surface area contributed by atoms with E-state index in [1.54, 1.807) is 33.9 Å². The number of nitrogens with zero attached hydrogens (tertiary/aromatic N) is 6. The van der Waals surface area contributed by atoms with E-state index in [0.29, 0.717) is 58.0 Å². The van der Waals surface area contributed by atoms with Crippen LogP contribution >= 0.6 is 11.3 Å². The highest BCUT2D eigenvalue weighted by atomic mass is 32.1. The zero-order chi connectivity index (χ0) is 51.3. The summed E-state index contributed by atoms with van der Waals surface area (Å²) in [5.41, 5.74) is 3.85. The molecule has 14 nitrogen and oxygen atoms in total. The molecular formula is C51H64F5N9O5S. The van der Waals surface area contributed by atoms with Crippen molar-refractivity contribution in [3.05, 3.63) is 82.6 Å². The van der Waals surface area contributed by atoms with Crippen molar-refractivity contribution in [1.82, 2.24) is 35.4 Å². The number of nitrogens with one attached hydrogen (secondary N) is 3. The van der Waals surface area contributed by atoms with E-state index in [2.05, 4.69) is 30.9 Å². The first-order chi connectivity index (χ1) is 33.5. The van der Waals surface area contributed by atoms with Crippen molar-refractivity contribution in [2.45, 2.75) is 141 Å². The lowest BCUT2D eigenvalue weighted by Gasteiger charge is -2.35. The Bertz CT molecular complexity index is 2510. The van der Waals surface area contributed by atoms with Crippen LogP contribution in [0.5, 0.6) is 0 Å². The number of thiazole rings is 1. The maximum Gasteiger partial charge on any atom is 0.416 e. The smallest absolute Gasteiger partial charge is 0.391 e. The average Bonchev–Trinajstić information content (AvgIpc) is 4.05. The Morgan fingerprint density at radius 2 is 1.61 bits per heavy atom. The monoisotopic (exact) mass is 1010 g/mol. The number of rotatable bonds is 17. The number of piperidine rings is 1. The molecular weight excluding hydrogens is 946 g/mol. The Balaban J connectivity index is 0.851. The first-order valence-electron chi connectivity index (χ1n) is 24.4. The standard InChI is InChI=1S/C51H64F5N9O5S/c1-31(33-12-14-35(15-13-33)45-32(2)58-30-71-45)59-47(69)39-27-38(66)28-65(39)48(70)46(49(3,4)5)62-43(67)10-8-6-7-9-11-44(68)63-21-17-34(18-22-63)36-24-41(60-40-26-37(16-20-57-40)51(54,55)56)61-42(25-36)64-23-19-50(52,53)29-64/h12-16,20,24-26,30-31,34,38-39,46,66H,6-11,17-19,21-23,27-29H2,1-5H3,(H,59,69)(H,62,67)(H,57,60,61)/t31-,38+,39-,46+/m0/s1. The highest BCUT2D eigenvalue weighted by Crippen LogP contribution is 2.37. The number of unbranched alkanes of at least 4 members (excludes halogenated alkanes) is 3. The van der Waals surface area contributed by atoms with Crippen LogP contribution in [0.25, 0.3) is 10.4 Å². The van der Waals surface area contributed by atoms with Crippen molar-refractivity contribution < 1.29 is 46.2 Å². The van der Waals surface area contributed by atoms with Gasteiger partial charge in [0.05, 0.1) is 40.3 Å². The second kappa shape index (κ2) is 22.3. The van der Waals surface area contributed by atoms with Gasteiger partial charge in [0, 0.05) is 58.1 Å². The third-order valence-corrected chi connectivity index (χ3v) is 14.6. The Morgan fingerprint density at radius 3 is 2.24 bits per heavy atom. The molecule has 20 heteroatoms. The van der Waals surface area contributed by atoms with Gasteiger partial charge in [-0.05, 0) is 91.8 Å². The van der Waals surface area contributed by atoms with E-state index in [1.807, 2.05) is 58.9 Å². The SMILES string of the molecule is Cc1ncsc1-c1ccc([C@H](C)NC(=O)[C@@H]2C[C@@H](O)CN2C(=O)[C@@H](NC(=O)CCCCCCC(=O)N2CCC(c3cc(Nc4cc(C(F)(F)F)ccn4)nc(N4CCC(F)(F)C4)c3)CC2)C(C)(C)C)cc1. The Kier molecular flexibility index (Phi) is 16.7. The van der Waals surface area contributed by atoms with Crippen LogP contribution in [0.3, 0.4) is 0 Å². The first kappa shape index (κ1) is 53.0. The van der Waals surface area contributed by atoms with Crippen molar-refractivity contribution >= 4 is 52.4 Å². The number of carbonyl (C=O) groups excluding carboxylic acids is 4. The molecule has 4 N–H and O–H groups in total. The van der Waals surface area contributed by atoms with Gasteiger partial charge in [-0.2, -0.15) is 13.2 Å². The highest BCUT2D eigenvalue weighted by molar-refractivity contribution is 7.13. The molecule has 4 aromatic rings. The number of aryl methyl sites for hydroxylation is 1. The van der Waals surface area contributed by atoms with Gasteiger partial charge >= 0.3 is 6.18 Å². The van der Waals surface area contributed by atoms with Crippen molar-refractivity contribution in [3.63, 3.8) is 0 Å². The van der Waals surface area contributed by atoms with Crippen LogP contribution < -0.4 is 20.9 Å². The number of likely N-dealkylation sites (tertiary alicyclic amines) is 2. The molecule has 4 amide bonds. The maximum absolute atomic E-state index is 14.2. The maximum atomic E-state index is 14.2. The Labute approximate surface area is 415 Å². The molecule has 0 saturated carbocycles. The number of benzene rings is 1. The molecule has 3 aliphatic heterocycles. The molecule has 0 aliphatic carbocycles. The molecule has 71 heavy (non-hydrogen) atoms. The van der Waals surface area contributed by atoms with E-state index in [9.17, 15) is 46.2 Å². The zero-order valence-electron chi connectivity index (χ0n) is 40.8. The third kappa shape index (κ3) is 13.8. The fourth-order valence-electron chi connectivity index (χ4n) is 9.52. The number of halogens is 5. The van der Waals surface area contributed by atoms with Crippen LogP contribution in [0.15, 0.2) is 60.2 Å². The number of carbonyl (C=O) groups is 4. The topological polar surface area (TPSA) is 173 Å². The second-order valence-corrected chi connectivity index (χ2v) is 21.0. The van der Waals surface area contributed by atoms with Crippen LogP contribution in [0.2, 0.25) is 0 Å². The summed E-state index contributed by atoms with van der Waals surface area (Å²) in [6, 6.07) is 10.8. The molecule has 0 radical (unpaired) electrons. The number of anilines is 3. The fourth-order valence-corrected chi connectivity index (χ4v) is 10.3. The van der Waals surface area contributed by atoms with E-state index in [1.165, 1.54) is 9.80 Å². The normalized spacial score (nSPS) is 19.4. The number of aliphatic hydroxyl groups is 1. The average molecular weight is 1010 g/mol. The number of hydrogen-bond acceptors (Lipinski definition) is 11. The van der Waals surface area contributed by atoms with Crippen molar-refractivity contribution in [3.8, 4) is 10.4 Å². The van der Waals surface area contributed by atoms with E-state index >= 15 is 0 Å². The summed E-state index contributed by atoms with van der Waals surface area (Å²) in [6.07, 6.45) is -0.483. The predicted molar refractivity (Wildman–Crippen MR) is 261 cm³/mol. The van der Waals surface area contributed by atoms with E-state index in [4.69, 9.17) is 0 Å². The van der Waals surface area contributed by atoms with Crippen LogP contribution in [0.4, 0.5) is 39.4 Å². The minimum absolute atomic E-state index is 0.00500. The van der Waals surface area contributed by atoms with Gasteiger partial charge < -0.3 is 35.8 Å². The van der Waals surface area contributed by atoms with Gasteiger partial charge in [0.15, 0.2) is 0 Å². The van der Waals surface area contributed by atoms with Crippen molar-refractivity contribution in [1.29, 1.82) is 0 Å². The second-order valence-electron chi connectivity index (χ2n) is 20.2. The summed E-state index contributed by atoms with van der Waals surface area (Å²) < 4.78 is 68.7. The molecule has 1 aromatic carbocycles. The molecule has 3 saturated heterocycles. The molecule has 0 spiro atoms. The van der Waals surface area contributed by atoms with Crippen LogP contribution in [0, 0.1) is 12.3 Å². The number of β-amino-alcohol motifs (C(OH)–C–C–N with tert-alkyl or cyclic N) is 1. The van der Waals surface area contributed by atoms with Crippen LogP contribution in [0.1, 0.15) is 126 Å². The molecule has 0 bridgehead atoms. The lowest BCUT2D eigenvalue weighted by atomic mass is 9.85. The van der Waals surface area contributed by atoms with E-state index in [-0.39, 0.29) is 79.5 Å². The quantitative estimate of drug-likeness (QED) is 0.0591. The number of aromatic nitrogens is 3. The molecule has 3 aromatic heterocycles. The molecule has 3 fully saturated rings. The summed E-state index contributed by atoms with van der Waals surface area (Å²) in [6.45, 7) is 9.80. The largest absolute Gasteiger partial charge is 0.416 e. The van der Waals surface area contributed by atoms with Gasteiger partial charge in [-0.15, -0.1) is 11.3 Å². The molecule has 384 valence electrons. The minimum atomic E-state index is -4.58. The number of alkyl halides is 5. The van der Waals surface area contributed by atoms with Crippen molar-refractivity contribution in [2.24, 2.45) is 5.41 Å². The minimum Gasteiger partial charge on any atom is -0.391 e. The van der Waals surface area contributed by atoms with E-state index < -0.39 is 53.7 Å². The molecule has 6 heterocycles. The van der Waals surface area contributed by atoms with Crippen LogP contribution in [-0.4, -0.2) is 110 Å². The van der Waals surface area contributed by atoms with E-state index in [0.717, 1.165) is 45.6 Å². The Hall–Kier alpha value is -5.76. The van der Waals surface area contributed by atoms with Gasteiger partial charge in [0.1, 0.15) is 29.5 Å². The fraction of sp³-hybridized carbons (Fsp3) is 0.549. The Morgan fingerprint density at radius 1 is 0.901 bits per heavy atom. The summed E-state index contributed by atoms with van der Waals surface area (Å²) in [4.78, 5) is 72.9. The lowest BCUT2D eigenvalue weighted by Crippen LogP contribution is -2.57. The number of pyridine rings is 2. The first-order valence-corrected chi connectivity index (χ1v) is 25.2.